The number of carbonyl (C=O) groups is 1. The van der Waals surface area contributed by atoms with Gasteiger partial charge in [0.1, 0.15) is 12.0 Å². The minimum Gasteiger partial charge on any atom is -0.399 e. The molecule has 0 spiro atoms. The first-order valence-corrected chi connectivity index (χ1v) is 8.09. The largest absolute Gasteiger partial charge is 0.494 e. The van der Waals surface area contributed by atoms with Crippen LogP contribution >= 0.6 is 0 Å². The molecular formula is C17H22BFN2O3. The Hall–Kier alpha value is -1.73. The predicted octanol–water partition coefficient (Wildman–Crippen LogP) is 2.28. The number of hydrogen-bond acceptors (Lipinski definition) is 4. The topological polar surface area (TPSA) is 51.1 Å². The maximum atomic E-state index is 14.7. The molecule has 2 aliphatic heterocycles. The van der Waals surface area contributed by atoms with Crippen molar-refractivity contribution in [2.45, 2.75) is 57.9 Å². The zero-order chi connectivity index (χ0) is 17.7. The minimum absolute atomic E-state index is 0.144. The van der Waals surface area contributed by atoms with E-state index in [0.717, 1.165) is 0 Å². The average Bonchev–Trinajstić information content (AvgIpc) is 2.96. The summed E-state index contributed by atoms with van der Waals surface area (Å²) in [5.41, 5.74) is -0.176. The summed E-state index contributed by atoms with van der Waals surface area (Å²) in [6.07, 6.45) is 0.498. The van der Waals surface area contributed by atoms with Crippen LogP contribution in [0, 0.1) is 5.82 Å². The summed E-state index contributed by atoms with van der Waals surface area (Å²) in [4.78, 5) is 17.3. The van der Waals surface area contributed by atoms with Crippen molar-refractivity contribution in [3.05, 3.63) is 24.0 Å². The molecule has 3 rings (SSSR count). The van der Waals surface area contributed by atoms with Gasteiger partial charge < -0.3 is 9.31 Å². The van der Waals surface area contributed by atoms with Gasteiger partial charge in [0.25, 0.3) is 0 Å². The van der Waals surface area contributed by atoms with Gasteiger partial charge in [0, 0.05) is 6.42 Å². The average molecular weight is 332 g/mol. The fourth-order valence-electron chi connectivity index (χ4n) is 2.98. The van der Waals surface area contributed by atoms with Crippen LogP contribution in [0.2, 0.25) is 0 Å². The number of halogens is 1. The Labute approximate surface area is 142 Å². The van der Waals surface area contributed by atoms with E-state index < -0.39 is 30.3 Å². The molecule has 0 radical (unpaired) electrons. The molecule has 2 saturated heterocycles. The molecule has 24 heavy (non-hydrogen) atoms. The number of amides is 1. The Bertz CT molecular complexity index is 676. The number of rotatable bonds is 3. The Balaban J connectivity index is 1.89. The molecule has 2 fully saturated rings. The Morgan fingerprint density at radius 1 is 1.29 bits per heavy atom. The Kier molecular flexibility index (Phi) is 4.04. The second-order valence-electron chi connectivity index (χ2n) is 7.26. The van der Waals surface area contributed by atoms with Gasteiger partial charge in [0.05, 0.1) is 16.9 Å². The van der Waals surface area contributed by atoms with Gasteiger partial charge in [-0.05, 0) is 58.4 Å². The van der Waals surface area contributed by atoms with Gasteiger partial charge in [-0.15, -0.1) is 0 Å². The van der Waals surface area contributed by atoms with E-state index in [4.69, 9.17) is 9.31 Å². The Morgan fingerprint density at radius 3 is 2.46 bits per heavy atom. The lowest BCUT2D eigenvalue weighted by atomic mass is 9.79. The first-order valence-electron chi connectivity index (χ1n) is 8.09. The minimum atomic E-state index is -0.638. The standard InChI is InChI=1S/C17H22BFN2O3/c1-16(2)17(3,4)24-18(23-16)11-6-7-13(12(19)10-11)21-14(20-5)8-9-15(21)22/h6-7,10,14H,5,8-9H2,1-4H3. The van der Waals surface area contributed by atoms with Gasteiger partial charge in [-0.25, -0.2) is 4.39 Å². The van der Waals surface area contributed by atoms with Crippen LogP contribution < -0.4 is 10.4 Å². The van der Waals surface area contributed by atoms with Crippen molar-refractivity contribution in [2.75, 3.05) is 4.90 Å². The van der Waals surface area contributed by atoms with E-state index in [0.29, 0.717) is 18.3 Å². The zero-order valence-corrected chi connectivity index (χ0v) is 14.5. The molecule has 0 bridgehead atoms. The lowest BCUT2D eigenvalue weighted by molar-refractivity contribution is -0.117. The fourth-order valence-corrected chi connectivity index (χ4v) is 2.98. The maximum Gasteiger partial charge on any atom is 0.494 e. The molecule has 1 atom stereocenters. The number of anilines is 1. The molecule has 7 heteroatoms. The van der Waals surface area contributed by atoms with Crippen LogP contribution in [0.15, 0.2) is 23.2 Å². The molecule has 1 amide bonds. The highest BCUT2D eigenvalue weighted by atomic mass is 19.1. The summed E-state index contributed by atoms with van der Waals surface area (Å²) in [6.45, 7) is 11.3. The van der Waals surface area contributed by atoms with Gasteiger partial charge >= 0.3 is 7.12 Å². The van der Waals surface area contributed by atoms with E-state index in [1.165, 1.54) is 11.0 Å². The van der Waals surface area contributed by atoms with Crippen molar-refractivity contribution in [3.8, 4) is 0 Å². The summed E-state index contributed by atoms with van der Waals surface area (Å²) < 4.78 is 26.5. The smallest absolute Gasteiger partial charge is 0.399 e. The van der Waals surface area contributed by atoms with Crippen molar-refractivity contribution >= 4 is 30.9 Å². The summed E-state index contributed by atoms with van der Waals surface area (Å²) in [7, 11) is -0.638. The van der Waals surface area contributed by atoms with Crippen molar-refractivity contribution in [2.24, 2.45) is 4.99 Å². The third-order valence-electron chi connectivity index (χ3n) is 5.15. The van der Waals surface area contributed by atoms with Crippen molar-refractivity contribution in [1.82, 2.24) is 0 Å². The third kappa shape index (κ3) is 2.65. The molecule has 0 saturated carbocycles. The number of hydrogen-bond donors (Lipinski definition) is 0. The molecule has 0 aliphatic carbocycles. The van der Waals surface area contributed by atoms with Crippen LogP contribution in [0.3, 0.4) is 0 Å². The number of aliphatic imine (C=N–C) groups is 1. The van der Waals surface area contributed by atoms with Crippen LogP contribution in [0.1, 0.15) is 40.5 Å². The number of nitrogens with zero attached hydrogens (tertiary/aromatic N) is 2. The van der Waals surface area contributed by atoms with Gasteiger partial charge in [0.15, 0.2) is 0 Å². The summed E-state index contributed by atoms with van der Waals surface area (Å²) in [5.74, 6) is -0.638. The lowest BCUT2D eigenvalue weighted by Crippen LogP contribution is -2.41. The molecule has 1 aromatic carbocycles. The third-order valence-corrected chi connectivity index (χ3v) is 5.15. The van der Waals surface area contributed by atoms with Crippen LogP contribution in [-0.4, -0.2) is 37.1 Å². The molecule has 1 aromatic rings. The van der Waals surface area contributed by atoms with Gasteiger partial charge in [0.2, 0.25) is 5.91 Å². The zero-order valence-electron chi connectivity index (χ0n) is 14.5. The predicted molar refractivity (Wildman–Crippen MR) is 92.2 cm³/mol. The van der Waals surface area contributed by atoms with E-state index in [1.807, 2.05) is 27.7 Å². The van der Waals surface area contributed by atoms with Gasteiger partial charge in [-0.2, -0.15) is 0 Å². The highest BCUT2D eigenvalue weighted by Crippen LogP contribution is 2.37. The number of benzene rings is 1. The van der Waals surface area contributed by atoms with Crippen molar-refractivity contribution in [3.63, 3.8) is 0 Å². The fraction of sp³-hybridized carbons (Fsp3) is 0.529. The first kappa shape index (κ1) is 17.1. The second-order valence-corrected chi connectivity index (χ2v) is 7.26. The first-order chi connectivity index (χ1) is 11.2. The summed E-state index contributed by atoms with van der Waals surface area (Å²) >= 11 is 0. The van der Waals surface area contributed by atoms with Crippen LogP contribution in [0.25, 0.3) is 0 Å². The van der Waals surface area contributed by atoms with Gasteiger partial charge in [-0.3, -0.25) is 14.7 Å². The highest BCUT2D eigenvalue weighted by Gasteiger charge is 2.51. The highest BCUT2D eigenvalue weighted by molar-refractivity contribution is 6.62. The van der Waals surface area contributed by atoms with E-state index >= 15 is 0 Å². The van der Waals surface area contributed by atoms with E-state index in [9.17, 15) is 9.18 Å². The quantitative estimate of drug-likeness (QED) is 0.630. The van der Waals surface area contributed by atoms with Crippen LogP contribution in [0.4, 0.5) is 10.1 Å². The van der Waals surface area contributed by atoms with E-state index in [-0.39, 0.29) is 11.6 Å². The molecule has 1 unspecified atom stereocenters. The monoisotopic (exact) mass is 332 g/mol. The normalized spacial score (nSPS) is 25.4. The van der Waals surface area contributed by atoms with Crippen molar-refractivity contribution in [1.29, 1.82) is 0 Å². The Morgan fingerprint density at radius 2 is 1.92 bits per heavy atom. The SMILES string of the molecule is C=NC1CCC(=O)N1c1ccc(B2OC(C)(C)C(C)(C)O2)cc1F. The number of carbonyl (C=O) groups excluding carboxylic acids is 1. The second kappa shape index (κ2) is 5.67. The molecule has 5 nitrogen and oxygen atoms in total. The van der Waals surface area contributed by atoms with Crippen LogP contribution in [0.5, 0.6) is 0 Å². The van der Waals surface area contributed by atoms with Gasteiger partial charge in [-0.1, -0.05) is 6.07 Å². The summed E-state index contributed by atoms with van der Waals surface area (Å²) in [6, 6.07) is 4.67. The molecule has 0 N–H and O–H groups in total. The molecule has 128 valence electrons. The van der Waals surface area contributed by atoms with E-state index in [2.05, 4.69) is 11.7 Å². The van der Waals surface area contributed by atoms with Crippen molar-refractivity contribution < 1.29 is 18.5 Å². The van der Waals surface area contributed by atoms with Crippen LogP contribution in [-0.2, 0) is 14.1 Å². The lowest BCUT2D eigenvalue weighted by Gasteiger charge is -2.32. The molecular weight excluding hydrogens is 310 g/mol. The molecule has 2 heterocycles. The summed E-state index contributed by atoms with van der Waals surface area (Å²) in [5, 5.41) is 0. The van der Waals surface area contributed by atoms with E-state index in [1.54, 1.807) is 12.1 Å². The molecule has 0 aromatic heterocycles. The molecule has 2 aliphatic rings. The maximum absolute atomic E-state index is 14.7.